The third-order valence-electron chi connectivity index (χ3n) is 3.89. The van der Waals surface area contributed by atoms with Gasteiger partial charge in [-0.2, -0.15) is 0 Å². The smallest absolute Gasteiger partial charge is 0.273 e. The van der Waals surface area contributed by atoms with E-state index in [4.69, 9.17) is 0 Å². The number of nitrogens with one attached hydrogen (secondary N) is 1. The Bertz CT molecular complexity index is 517. The Kier molecular flexibility index (Phi) is 5.27. The number of amides is 1. The fraction of sp³-hybridized carbons (Fsp3) is 0.533. The average Bonchev–Trinajstić information content (AvgIpc) is 2.48. The lowest BCUT2D eigenvalue weighted by molar-refractivity contribution is -0.385. The van der Waals surface area contributed by atoms with Crippen molar-refractivity contribution in [1.29, 1.82) is 0 Å². The molecule has 0 bridgehead atoms. The predicted molar refractivity (Wildman–Crippen MR) is 80.0 cm³/mol. The van der Waals surface area contributed by atoms with Crippen molar-refractivity contribution in [2.75, 3.05) is 26.7 Å². The summed E-state index contributed by atoms with van der Waals surface area (Å²) in [4.78, 5) is 24.8. The van der Waals surface area contributed by atoms with Crippen LogP contribution >= 0.6 is 0 Å². The van der Waals surface area contributed by atoms with Gasteiger partial charge < -0.3 is 10.2 Å². The minimum atomic E-state index is -0.428. The van der Waals surface area contributed by atoms with Crippen LogP contribution in [0.5, 0.6) is 0 Å². The molecule has 1 aromatic rings. The number of benzene rings is 1. The molecule has 0 aromatic heterocycles. The number of rotatable bonds is 5. The number of likely N-dealkylation sites (tertiary alicyclic amines) is 1. The van der Waals surface area contributed by atoms with E-state index < -0.39 is 4.92 Å². The Morgan fingerprint density at radius 3 is 2.95 bits per heavy atom. The number of nitrogens with zero attached hydrogens (tertiary/aromatic N) is 2. The summed E-state index contributed by atoms with van der Waals surface area (Å²) in [6.07, 6.45) is 2.22. The molecule has 0 saturated carbocycles. The zero-order chi connectivity index (χ0) is 15.2. The lowest BCUT2D eigenvalue weighted by atomic mass is 9.97. The molecule has 1 N–H and O–H groups in total. The van der Waals surface area contributed by atoms with Gasteiger partial charge in [0, 0.05) is 24.7 Å². The minimum absolute atomic E-state index is 0.0228. The highest BCUT2D eigenvalue weighted by Gasteiger charge is 2.25. The van der Waals surface area contributed by atoms with Crippen LogP contribution in [0.1, 0.15) is 18.4 Å². The molecule has 6 heteroatoms. The van der Waals surface area contributed by atoms with E-state index in [1.165, 1.54) is 6.07 Å². The van der Waals surface area contributed by atoms with Crippen LogP contribution in [0.3, 0.4) is 0 Å². The molecule has 6 nitrogen and oxygen atoms in total. The largest absolute Gasteiger partial charge is 0.342 e. The number of para-hydroxylation sites is 1. The summed E-state index contributed by atoms with van der Waals surface area (Å²) >= 11 is 0. The molecule has 0 aliphatic carbocycles. The van der Waals surface area contributed by atoms with Gasteiger partial charge in [0.05, 0.1) is 11.3 Å². The van der Waals surface area contributed by atoms with Crippen LogP contribution in [-0.2, 0) is 11.2 Å². The highest BCUT2D eigenvalue weighted by atomic mass is 16.6. The van der Waals surface area contributed by atoms with Crippen molar-refractivity contribution in [2.45, 2.75) is 19.3 Å². The molecule has 1 saturated heterocycles. The first kappa shape index (κ1) is 15.4. The van der Waals surface area contributed by atoms with Crippen molar-refractivity contribution in [3.63, 3.8) is 0 Å². The Hall–Kier alpha value is -1.95. The summed E-state index contributed by atoms with van der Waals surface area (Å²) in [7, 11) is 1.91. The molecule has 2 rings (SSSR count). The minimum Gasteiger partial charge on any atom is -0.342 e. The van der Waals surface area contributed by atoms with E-state index in [9.17, 15) is 14.9 Å². The standard InChI is InChI=1S/C15H21N3O3/c1-16-10-12-5-4-8-17(11-12)15(19)9-13-6-2-3-7-14(13)18(20)21/h2-3,6-7,12,16H,4-5,8-11H2,1H3. The number of carbonyl (C=O) groups is 1. The molecule has 1 aliphatic rings. The Balaban J connectivity index is 2.03. The summed E-state index contributed by atoms with van der Waals surface area (Å²) in [6.45, 7) is 2.38. The maximum absolute atomic E-state index is 12.4. The second-order valence-electron chi connectivity index (χ2n) is 5.47. The molecule has 0 spiro atoms. The van der Waals surface area contributed by atoms with Crippen LogP contribution < -0.4 is 5.32 Å². The van der Waals surface area contributed by atoms with Crippen LogP contribution in [-0.4, -0.2) is 42.4 Å². The lowest BCUT2D eigenvalue weighted by Gasteiger charge is -2.32. The van der Waals surface area contributed by atoms with Crippen LogP contribution in [0.2, 0.25) is 0 Å². The molecule has 1 heterocycles. The van der Waals surface area contributed by atoms with Gasteiger partial charge in [-0.25, -0.2) is 0 Å². The van der Waals surface area contributed by atoms with Crippen LogP contribution in [0.15, 0.2) is 24.3 Å². The van der Waals surface area contributed by atoms with Gasteiger partial charge in [0.1, 0.15) is 0 Å². The highest BCUT2D eigenvalue weighted by Crippen LogP contribution is 2.21. The van der Waals surface area contributed by atoms with Crippen molar-refractivity contribution >= 4 is 11.6 Å². The summed E-state index contributed by atoms with van der Waals surface area (Å²) in [5.74, 6) is 0.448. The zero-order valence-electron chi connectivity index (χ0n) is 12.2. The first-order chi connectivity index (χ1) is 10.1. The fourth-order valence-corrected chi connectivity index (χ4v) is 2.86. The Morgan fingerprint density at radius 1 is 1.48 bits per heavy atom. The normalized spacial score (nSPS) is 18.5. The second kappa shape index (κ2) is 7.17. The molecule has 0 radical (unpaired) electrons. The number of hydrogen-bond acceptors (Lipinski definition) is 4. The van der Waals surface area contributed by atoms with Gasteiger partial charge in [0.25, 0.3) is 5.69 Å². The summed E-state index contributed by atoms with van der Waals surface area (Å²) in [5, 5.41) is 14.1. The summed E-state index contributed by atoms with van der Waals surface area (Å²) in [6, 6.07) is 6.46. The number of nitro groups is 1. The second-order valence-corrected chi connectivity index (χ2v) is 5.47. The molecular weight excluding hydrogens is 270 g/mol. The fourth-order valence-electron chi connectivity index (χ4n) is 2.86. The van der Waals surface area contributed by atoms with Gasteiger partial charge in [0.15, 0.2) is 0 Å². The number of nitro benzene ring substituents is 1. The number of piperidine rings is 1. The summed E-state index contributed by atoms with van der Waals surface area (Å²) < 4.78 is 0. The van der Waals surface area contributed by atoms with Crippen molar-refractivity contribution in [3.8, 4) is 0 Å². The number of hydrogen-bond donors (Lipinski definition) is 1. The predicted octanol–water partition coefficient (Wildman–Crippen LogP) is 1.60. The van der Waals surface area contributed by atoms with Crippen molar-refractivity contribution in [1.82, 2.24) is 10.2 Å². The maximum Gasteiger partial charge on any atom is 0.273 e. The van der Waals surface area contributed by atoms with Gasteiger partial charge in [-0.05, 0) is 32.4 Å². The Labute approximate surface area is 124 Å². The quantitative estimate of drug-likeness (QED) is 0.660. The van der Waals surface area contributed by atoms with E-state index in [-0.39, 0.29) is 18.0 Å². The van der Waals surface area contributed by atoms with Gasteiger partial charge in [-0.15, -0.1) is 0 Å². The summed E-state index contributed by atoms with van der Waals surface area (Å²) in [5.41, 5.74) is 0.512. The van der Waals surface area contributed by atoms with Crippen LogP contribution in [0, 0.1) is 16.0 Å². The van der Waals surface area contributed by atoms with E-state index in [2.05, 4.69) is 5.32 Å². The van der Waals surface area contributed by atoms with Gasteiger partial charge >= 0.3 is 0 Å². The molecule has 1 amide bonds. The zero-order valence-corrected chi connectivity index (χ0v) is 12.2. The van der Waals surface area contributed by atoms with E-state index in [1.807, 2.05) is 11.9 Å². The average molecular weight is 291 g/mol. The molecule has 114 valence electrons. The van der Waals surface area contributed by atoms with Crippen molar-refractivity contribution in [2.24, 2.45) is 5.92 Å². The van der Waals surface area contributed by atoms with E-state index in [0.29, 0.717) is 11.5 Å². The van der Waals surface area contributed by atoms with Crippen molar-refractivity contribution in [3.05, 3.63) is 39.9 Å². The molecule has 1 fully saturated rings. The van der Waals surface area contributed by atoms with Crippen LogP contribution in [0.25, 0.3) is 0 Å². The van der Waals surface area contributed by atoms with Crippen molar-refractivity contribution < 1.29 is 9.72 Å². The first-order valence-corrected chi connectivity index (χ1v) is 7.26. The molecular formula is C15H21N3O3. The highest BCUT2D eigenvalue weighted by molar-refractivity contribution is 5.80. The molecule has 21 heavy (non-hydrogen) atoms. The maximum atomic E-state index is 12.4. The topological polar surface area (TPSA) is 75.5 Å². The third-order valence-corrected chi connectivity index (χ3v) is 3.89. The molecule has 1 unspecified atom stereocenters. The van der Waals surface area contributed by atoms with Gasteiger partial charge in [-0.1, -0.05) is 18.2 Å². The molecule has 1 aliphatic heterocycles. The SMILES string of the molecule is CNCC1CCCN(C(=O)Cc2ccccc2[N+](=O)[O-])C1. The van der Waals surface area contributed by atoms with E-state index >= 15 is 0 Å². The van der Waals surface area contributed by atoms with Gasteiger partial charge in [0.2, 0.25) is 5.91 Å². The van der Waals surface area contributed by atoms with Gasteiger partial charge in [-0.3, -0.25) is 14.9 Å². The lowest BCUT2D eigenvalue weighted by Crippen LogP contribution is -2.43. The van der Waals surface area contributed by atoms with E-state index in [0.717, 1.165) is 32.5 Å². The Morgan fingerprint density at radius 2 is 2.24 bits per heavy atom. The monoisotopic (exact) mass is 291 g/mol. The molecule has 1 atom stereocenters. The van der Waals surface area contributed by atoms with Crippen LogP contribution in [0.4, 0.5) is 5.69 Å². The third kappa shape index (κ3) is 4.01. The number of carbonyl (C=O) groups excluding carboxylic acids is 1. The first-order valence-electron chi connectivity index (χ1n) is 7.26. The molecule has 1 aromatic carbocycles. The van der Waals surface area contributed by atoms with E-state index in [1.54, 1.807) is 18.2 Å².